The SMILES string of the molecule is C=CCN(C)C(=O)N1CCC(CC(F)F)(C(=O)O)CC1. The lowest BCUT2D eigenvalue weighted by atomic mass is 9.76. The first-order valence-electron chi connectivity index (χ1n) is 6.45. The summed E-state index contributed by atoms with van der Waals surface area (Å²) in [5.41, 5.74) is -1.41. The van der Waals surface area contributed by atoms with Gasteiger partial charge in [-0.2, -0.15) is 0 Å². The van der Waals surface area contributed by atoms with E-state index in [0.29, 0.717) is 6.54 Å². The Bertz CT molecular complexity index is 380. The Kier molecular flexibility index (Phi) is 5.47. The Balaban J connectivity index is 2.67. The van der Waals surface area contributed by atoms with E-state index in [-0.39, 0.29) is 32.0 Å². The Hall–Kier alpha value is -1.66. The number of carboxylic acid groups (broad SMARTS) is 1. The van der Waals surface area contributed by atoms with Crippen LogP contribution in [0.25, 0.3) is 0 Å². The average molecular weight is 290 g/mol. The fraction of sp³-hybridized carbons (Fsp3) is 0.692. The molecule has 0 aromatic heterocycles. The molecule has 1 saturated heterocycles. The van der Waals surface area contributed by atoms with Gasteiger partial charge >= 0.3 is 12.0 Å². The second-order valence-corrected chi connectivity index (χ2v) is 5.12. The van der Waals surface area contributed by atoms with Crippen molar-refractivity contribution in [1.82, 2.24) is 9.80 Å². The molecule has 0 spiro atoms. The summed E-state index contributed by atoms with van der Waals surface area (Å²) in [4.78, 5) is 26.2. The molecule has 0 atom stereocenters. The number of rotatable bonds is 5. The van der Waals surface area contributed by atoms with Gasteiger partial charge in [0.2, 0.25) is 6.43 Å². The summed E-state index contributed by atoms with van der Waals surface area (Å²) in [6.45, 7) is 4.28. The summed E-state index contributed by atoms with van der Waals surface area (Å²) in [6.07, 6.45) is -1.62. The van der Waals surface area contributed by atoms with E-state index in [1.807, 2.05) is 0 Å². The first-order chi connectivity index (χ1) is 9.32. The zero-order chi connectivity index (χ0) is 15.3. The number of alkyl halides is 2. The van der Waals surface area contributed by atoms with Crippen LogP contribution in [0.2, 0.25) is 0 Å². The summed E-state index contributed by atoms with van der Waals surface area (Å²) in [7, 11) is 1.61. The Morgan fingerprint density at radius 1 is 1.45 bits per heavy atom. The minimum absolute atomic E-state index is 0.0559. The highest BCUT2D eigenvalue weighted by Gasteiger charge is 2.44. The summed E-state index contributed by atoms with van der Waals surface area (Å²) < 4.78 is 25.1. The molecule has 20 heavy (non-hydrogen) atoms. The number of amides is 2. The number of carboxylic acids is 1. The molecule has 0 saturated carbocycles. The van der Waals surface area contributed by atoms with Crippen molar-refractivity contribution in [3.63, 3.8) is 0 Å². The number of carbonyl (C=O) groups excluding carboxylic acids is 1. The normalized spacial score (nSPS) is 17.9. The zero-order valence-corrected chi connectivity index (χ0v) is 11.5. The lowest BCUT2D eigenvalue weighted by molar-refractivity contribution is -0.154. The molecule has 1 N–H and O–H groups in total. The second kappa shape index (κ2) is 6.67. The van der Waals surface area contributed by atoms with Crippen LogP contribution in [0, 0.1) is 5.41 Å². The molecule has 1 fully saturated rings. The number of likely N-dealkylation sites (N-methyl/N-ethyl adjacent to an activating group) is 1. The summed E-state index contributed by atoms with van der Waals surface area (Å²) >= 11 is 0. The molecule has 0 radical (unpaired) electrons. The van der Waals surface area contributed by atoms with E-state index in [4.69, 9.17) is 0 Å². The van der Waals surface area contributed by atoms with Crippen molar-refractivity contribution >= 4 is 12.0 Å². The average Bonchev–Trinajstić information content (AvgIpc) is 2.38. The van der Waals surface area contributed by atoms with Crippen LogP contribution in [0.4, 0.5) is 13.6 Å². The van der Waals surface area contributed by atoms with Crippen molar-refractivity contribution in [1.29, 1.82) is 0 Å². The highest BCUT2D eigenvalue weighted by molar-refractivity contribution is 5.77. The Morgan fingerprint density at radius 3 is 2.40 bits per heavy atom. The molecule has 2 amide bonds. The molecule has 1 aliphatic rings. The van der Waals surface area contributed by atoms with Crippen molar-refractivity contribution in [2.75, 3.05) is 26.7 Å². The van der Waals surface area contributed by atoms with Crippen molar-refractivity contribution in [2.45, 2.75) is 25.7 Å². The van der Waals surface area contributed by atoms with E-state index in [1.165, 1.54) is 9.80 Å². The van der Waals surface area contributed by atoms with E-state index in [2.05, 4.69) is 6.58 Å². The van der Waals surface area contributed by atoms with E-state index < -0.39 is 24.2 Å². The highest BCUT2D eigenvalue weighted by atomic mass is 19.3. The molecular formula is C13H20F2N2O3. The first kappa shape index (κ1) is 16.4. The Morgan fingerprint density at radius 2 is 2.00 bits per heavy atom. The number of likely N-dealkylation sites (tertiary alicyclic amines) is 1. The molecule has 7 heteroatoms. The van der Waals surface area contributed by atoms with Crippen LogP contribution in [0.3, 0.4) is 0 Å². The Labute approximate surface area is 116 Å². The van der Waals surface area contributed by atoms with Crippen LogP contribution in [0.1, 0.15) is 19.3 Å². The van der Waals surface area contributed by atoms with Crippen LogP contribution < -0.4 is 0 Å². The maximum Gasteiger partial charge on any atom is 0.320 e. The number of carbonyl (C=O) groups is 2. The predicted octanol–water partition coefficient (Wildman–Crippen LogP) is 2.05. The molecule has 1 heterocycles. The van der Waals surface area contributed by atoms with Crippen LogP contribution in [0.5, 0.6) is 0 Å². The van der Waals surface area contributed by atoms with Gasteiger partial charge in [-0.3, -0.25) is 4.79 Å². The molecule has 0 aromatic carbocycles. The lowest BCUT2D eigenvalue weighted by Gasteiger charge is -2.39. The summed E-state index contributed by atoms with van der Waals surface area (Å²) in [6, 6.07) is -0.235. The van der Waals surface area contributed by atoms with Crippen molar-refractivity contribution < 1.29 is 23.5 Å². The largest absolute Gasteiger partial charge is 0.481 e. The number of hydrogen-bond acceptors (Lipinski definition) is 2. The maximum absolute atomic E-state index is 12.5. The highest BCUT2D eigenvalue weighted by Crippen LogP contribution is 2.37. The number of nitrogens with zero attached hydrogens (tertiary/aromatic N) is 2. The minimum Gasteiger partial charge on any atom is -0.481 e. The fourth-order valence-electron chi connectivity index (χ4n) is 2.44. The molecule has 0 aliphatic carbocycles. The number of halogens is 2. The van der Waals surface area contributed by atoms with Crippen molar-refractivity contribution in [2.24, 2.45) is 5.41 Å². The monoisotopic (exact) mass is 290 g/mol. The minimum atomic E-state index is -2.66. The molecule has 5 nitrogen and oxygen atoms in total. The fourth-order valence-corrected chi connectivity index (χ4v) is 2.44. The third kappa shape index (κ3) is 3.68. The van der Waals surface area contributed by atoms with Gasteiger partial charge in [0.05, 0.1) is 5.41 Å². The summed E-state index contributed by atoms with van der Waals surface area (Å²) in [5.74, 6) is -1.20. The third-order valence-corrected chi connectivity index (χ3v) is 3.72. The smallest absolute Gasteiger partial charge is 0.320 e. The maximum atomic E-state index is 12.5. The van der Waals surface area contributed by atoms with Crippen LogP contribution in [-0.2, 0) is 4.79 Å². The first-order valence-corrected chi connectivity index (χ1v) is 6.45. The van der Waals surface area contributed by atoms with Crippen LogP contribution in [-0.4, -0.2) is 60.0 Å². The van der Waals surface area contributed by atoms with Gasteiger partial charge in [0.1, 0.15) is 0 Å². The number of urea groups is 1. The second-order valence-electron chi connectivity index (χ2n) is 5.12. The standard InChI is InChI=1S/C13H20F2N2O3/c1-3-6-16(2)12(20)17-7-4-13(5-8-17,11(18)19)9-10(14)15/h3,10H,1,4-9H2,2H3,(H,18,19). The molecule has 0 bridgehead atoms. The van der Waals surface area contributed by atoms with Gasteiger partial charge in [-0.25, -0.2) is 13.6 Å². The molecule has 1 aliphatic heterocycles. The topological polar surface area (TPSA) is 60.9 Å². The van der Waals surface area contributed by atoms with Gasteiger partial charge in [0.25, 0.3) is 0 Å². The van der Waals surface area contributed by atoms with Crippen LogP contribution >= 0.6 is 0 Å². The quantitative estimate of drug-likeness (QED) is 0.788. The zero-order valence-electron chi connectivity index (χ0n) is 11.5. The van der Waals surface area contributed by atoms with Gasteiger partial charge in [0, 0.05) is 33.1 Å². The molecule has 0 aromatic rings. The van der Waals surface area contributed by atoms with Crippen molar-refractivity contribution in [3.05, 3.63) is 12.7 Å². The number of piperidine rings is 1. The van der Waals surface area contributed by atoms with E-state index >= 15 is 0 Å². The van der Waals surface area contributed by atoms with Gasteiger partial charge in [-0.05, 0) is 12.8 Å². The van der Waals surface area contributed by atoms with Gasteiger partial charge in [0.15, 0.2) is 0 Å². The molecule has 1 rings (SSSR count). The third-order valence-electron chi connectivity index (χ3n) is 3.72. The van der Waals surface area contributed by atoms with Crippen LogP contribution in [0.15, 0.2) is 12.7 Å². The van der Waals surface area contributed by atoms with E-state index in [1.54, 1.807) is 13.1 Å². The lowest BCUT2D eigenvalue weighted by Crippen LogP contribution is -2.50. The van der Waals surface area contributed by atoms with Gasteiger partial charge < -0.3 is 14.9 Å². The number of hydrogen-bond donors (Lipinski definition) is 1. The molecule has 0 unspecified atom stereocenters. The van der Waals surface area contributed by atoms with E-state index in [9.17, 15) is 23.5 Å². The van der Waals surface area contributed by atoms with E-state index in [0.717, 1.165) is 0 Å². The van der Waals surface area contributed by atoms with Gasteiger partial charge in [-0.1, -0.05) is 6.08 Å². The van der Waals surface area contributed by atoms with Gasteiger partial charge in [-0.15, -0.1) is 6.58 Å². The predicted molar refractivity (Wildman–Crippen MR) is 69.7 cm³/mol. The number of aliphatic carboxylic acids is 1. The summed E-state index contributed by atoms with van der Waals surface area (Å²) in [5, 5.41) is 9.20. The van der Waals surface area contributed by atoms with Crippen molar-refractivity contribution in [3.8, 4) is 0 Å². The molecular weight excluding hydrogens is 270 g/mol. The molecule has 114 valence electrons.